The average molecular weight is 524 g/mol. The molecule has 1 spiro atoms. The summed E-state index contributed by atoms with van der Waals surface area (Å²) in [4.78, 5) is 29.0. The third-order valence-corrected chi connectivity index (χ3v) is 8.95. The number of carbonyl (C=O) groups excluding carboxylic acids is 1. The van der Waals surface area contributed by atoms with Gasteiger partial charge in [-0.1, -0.05) is 23.9 Å². The van der Waals surface area contributed by atoms with Crippen LogP contribution in [0.3, 0.4) is 0 Å². The molecular weight excluding hydrogens is 496 g/mol. The summed E-state index contributed by atoms with van der Waals surface area (Å²) in [7, 11) is 0. The Labute approximate surface area is 217 Å². The number of anilines is 3. The third kappa shape index (κ3) is 3.91. The number of hydrogen-bond donors (Lipinski definition) is 2. The maximum absolute atomic E-state index is 14.9. The average Bonchev–Trinajstić information content (AvgIpc) is 3.32. The zero-order valence-electron chi connectivity index (χ0n) is 20.3. The van der Waals surface area contributed by atoms with Crippen LogP contribution in [0.5, 0.6) is 0 Å². The van der Waals surface area contributed by atoms with Crippen molar-refractivity contribution in [2.75, 3.05) is 35.2 Å². The Balaban J connectivity index is 1.19. The molecule has 6 rings (SSSR count). The topological polar surface area (TPSA) is 114 Å². The number of aromatic nitrogens is 3. The minimum absolute atomic E-state index is 0.00533. The first-order chi connectivity index (χ1) is 17.7. The van der Waals surface area contributed by atoms with Crippen LogP contribution >= 0.6 is 11.8 Å². The quantitative estimate of drug-likeness (QED) is 0.531. The number of pyridine rings is 1. The van der Waals surface area contributed by atoms with Gasteiger partial charge in [0.2, 0.25) is 5.91 Å². The minimum atomic E-state index is -3.16. The molecule has 192 valence electrons. The Kier molecular flexibility index (Phi) is 5.61. The molecule has 1 atom stereocenters. The Morgan fingerprint density at radius 3 is 2.65 bits per heavy atom. The van der Waals surface area contributed by atoms with Crippen LogP contribution in [0, 0.1) is 5.41 Å². The fourth-order valence-electron chi connectivity index (χ4n) is 5.88. The molecule has 8 nitrogen and oxygen atoms in total. The Morgan fingerprint density at radius 1 is 1.16 bits per heavy atom. The molecule has 1 aliphatic carbocycles. The summed E-state index contributed by atoms with van der Waals surface area (Å²) >= 11 is 1.04. The number of benzene rings is 1. The van der Waals surface area contributed by atoms with Gasteiger partial charge in [0, 0.05) is 42.8 Å². The van der Waals surface area contributed by atoms with Crippen LogP contribution in [-0.4, -0.2) is 40.5 Å². The van der Waals surface area contributed by atoms with Crippen molar-refractivity contribution in [2.24, 2.45) is 11.1 Å². The van der Waals surface area contributed by atoms with Crippen molar-refractivity contribution in [1.29, 1.82) is 0 Å². The number of fused-ring (bicyclic) bond motifs is 2. The first kappa shape index (κ1) is 24.1. The highest BCUT2D eigenvalue weighted by Gasteiger charge is 2.48. The van der Waals surface area contributed by atoms with Gasteiger partial charge in [-0.15, -0.1) is 0 Å². The Bertz CT molecular complexity index is 1390. The molecule has 2 aromatic heterocycles. The monoisotopic (exact) mass is 523 g/mol. The molecular formula is C26H27F2N7OS. The van der Waals surface area contributed by atoms with E-state index in [0.29, 0.717) is 15.7 Å². The van der Waals surface area contributed by atoms with Gasteiger partial charge in [0.25, 0.3) is 5.92 Å². The molecule has 1 aromatic carbocycles. The zero-order chi connectivity index (χ0) is 25.9. The maximum Gasteiger partial charge on any atom is 0.293 e. The molecule has 0 saturated carbocycles. The van der Waals surface area contributed by atoms with E-state index in [1.54, 1.807) is 18.3 Å². The van der Waals surface area contributed by atoms with Gasteiger partial charge < -0.3 is 21.3 Å². The molecule has 4 N–H and O–H groups in total. The van der Waals surface area contributed by atoms with Crippen molar-refractivity contribution < 1.29 is 13.6 Å². The highest BCUT2D eigenvalue weighted by atomic mass is 32.2. The van der Waals surface area contributed by atoms with Crippen LogP contribution < -0.4 is 21.3 Å². The number of carbonyl (C=O) groups is 1. The van der Waals surface area contributed by atoms with Crippen molar-refractivity contribution in [3.8, 4) is 0 Å². The lowest BCUT2D eigenvalue weighted by Gasteiger charge is -2.42. The molecule has 0 bridgehead atoms. The van der Waals surface area contributed by atoms with Gasteiger partial charge >= 0.3 is 0 Å². The summed E-state index contributed by atoms with van der Waals surface area (Å²) in [5.74, 6) is -2.75. The van der Waals surface area contributed by atoms with Crippen molar-refractivity contribution in [1.82, 2.24) is 15.0 Å². The number of rotatable bonds is 3. The minimum Gasteiger partial charge on any atom is -0.381 e. The second kappa shape index (κ2) is 8.63. The van der Waals surface area contributed by atoms with E-state index < -0.39 is 18.4 Å². The Morgan fingerprint density at radius 2 is 1.95 bits per heavy atom. The van der Waals surface area contributed by atoms with E-state index in [-0.39, 0.29) is 28.5 Å². The molecule has 3 aliphatic rings. The SMILES string of the molecule is CC(=O)N1CC(F)(F)c2c(Sc3ncc(N4CCC5(CC4)Cc4ncccc4[C@H]5N)nc3N)cccc21. The molecule has 1 saturated heterocycles. The van der Waals surface area contributed by atoms with E-state index in [9.17, 15) is 13.6 Å². The molecule has 37 heavy (non-hydrogen) atoms. The number of nitrogen functional groups attached to an aromatic ring is 1. The number of piperidine rings is 1. The maximum atomic E-state index is 14.9. The largest absolute Gasteiger partial charge is 0.381 e. The van der Waals surface area contributed by atoms with E-state index in [2.05, 4.69) is 25.9 Å². The standard InChI is InChI=1S/C26H27F2N7OS/c1-15(36)35-14-26(27,28)21-18(35)5-2-6-19(21)37-24-23(30)33-20(13-32-24)34-10-7-25(8-11-34)12-17-16(22(25)29)4-3-9-31-17/h2-6,9,13,22H,7-8,10-12,14,29H2,1H3,(H2,30,33)/t22-/m1/s1. The van der Waals surface area contributed by atoms with Crippen molar-refractivity contribution in [3.63, 3.8) is 0 Å². The highest BCUT2D eigenvalue weighted by Crippen LogP contribution is 2.51. The molecule has 4 heterocycles. The number of halogens is 2. The summed E-state index contributed by atoms with van der Waals surface area (Å²) in [5, 5.41) is 0.349. The van der Waals surface area contributed by atoms with Gasteiger partial charge in [-0.3, -0.25) is 9.78 Å². The second-order valence-electron chi connectivity index (χ2n) is 10.0. The fourth-order valence-corrected chi connectivity index (χ4v) is 6.85. The van der Waals surface area contributed by atoms with Crippen LogP contribution in [0.15, 0.2) is 52.6 Å². The van der Waals surface area contributed by atoms with Crippen LogP contribution in [-0.2, 0) is 17.1 Å². The lowest BCUT2D eigenvalue weighted by atomic mass is 9.73. The van der Waals surface area contributed by atoms with Gasteiger partial charge in [0.15, 0.2) is 5.82 Å². The van der Waals surface area contributed by atoms with Crippen LogP contribution in [0.2, 0.25) is 0 Å². The van der Waals surface area contributed by atoms with Gasteiger partial charge in [0.05, 0.1) is 24.0 Å². The number of alkyl halides is 2. The van der Waals surface area contributed by atoms with Gasteiger partial charge in [-0.25, -0.2) is 9.97 Å². The summed E-state index contributed by atoms with van der Waals surface area (Å²) in [6.45, 7) is 2.14. The van der Waals surface area contributed by atoms with Gasteiger partial charge in [-0.05, 0) is 48.4 Å². The summed E-state index contributed by atoms with van der Waals surface area (Å²) in [6.07, 6.45) is 6.15. The number of nitrogens with two attached hydrogens (primary N) is 2. The number of nitrogens with zero attached hydrogens (tertiary/aromatic N) is 5. The fraction of sp³-hybridized carbons (Fsp3) is 0.385. The number of hydrogen-bond acceptors (Lipinski definition) is 8. The molecule has 11 heteroatoms. The summed E-state index contributed by atoms with van der Waals surface area (Å²) < 4.78 is 29.7. The Hall–Kier alpha value is -3.31. The van der Waals surface area contributed by atoms with Gasteiger partial charge in [0.1, 0.15) is 10.8 Å². The predicted molar refractivity (Wildman–Crippen MR) is 138 cm³/mol. The van der Waals surface area contributed by atoms with E-state index in [1.807, 2.05) is 12.3 Å². The molecule has 1 amide bonds. The molecule has 2 aliphatic heterocycles. The molecule has 0 radical (unpaired) electrons. The molecule has 3 aromatic rings. The lowest BCUT2D eigenvalue weighted by molar-refractivity contribution is -0.117. The van der Waals surface area contributed by atoms with Crippen LogP contribution in [0.25, 0.3) is 0 Å². The molecule has 1 fully saturated rings. The van der Waals surface area contributed by atoms with Crippen LogP contribution in [0.1, 0.15) is 42.6 Å². The van der Waals surface area contributed by atoms with Crippen molar-refractivity contribution >= 4 is 35.0 Å². The first-order valence-electron chi connectivity index (χ1n) is 12.2. The first-order valence-corrected chi connectivity index (χ1v) is 13.0. The van der Waals surface area contributed by atoms with Crippen molar-refractivity contribution in [3.05, 3.63) is 59.5 Å². The van der Waals surface area contributed by atoms with Crippen LogP contribution in [0.4, 0.5) is 26.1 Å². The smallest absolute Gasteiger partial charge is 0.293 e. The van der Waals surface area contributed by atoms with E-state index in [0.717, 1.165) is 60.3 Å². The highest BCUT2D eigenvalue weighted by molar-refractivity contribution is 7.99. The second-order valence-corrected chi connectivity index (χ2v) is 11.1. The van der Waals surface area contributed by atoms with E-state index >= 15 is 0 Å². The lowest BCUT2D eigenvalue weighted by Crippen LogP contribution is -2.44. The summed E-state index contributed by atoms with van der Waals surface area (Å²) in [5.41, 5.74) is 15.2. The zero-order valence-corrected chi connectivity index (χ0v) is 21.1. The van der Waals surface area contributed by atoms with Crippen molar-refractivity contribution in [2.45, 2.75) is 48.1 Å². The predicted octanol–water partition coefficient (Wildman–Crippen LogP) is 3.91. The van der Waals surface area contributed by atoms with E-state index in [1.165, 1.54) is 13.0 Å². The van der Waals surface area contributed by atoms with Gasteiger partial charge in [-0.2, -0.15) is 8.78 Å². The normalized spacial score (nSPS) is 21.2. The molecule has 0 unspecified atom stereocenters. The summed E-state index contributed by atoms with van der Waals surface area (Å²) in [6, 6.07) is 8.77. The number of amides is 1. The third-order valence-electron chi connectivity index (χ3n) is 7.88. The van der Waals surface area contributed by atoms with E-state index in [4.69, 9.17) is 11.5 Å².